The Morgan fingerprint density at radius 2 is 2.06 bits per heavy atom. The fraction of sp³-hybridized carbons (Fsp3) is 0.478. The van der Waals surface area contributed by atoms with Gasteiger partial charge in [0.05, 0.1) is 30.1 Å². The third-order valence-corrected chi connectivity index (χ3v) is 7.09. The molecule has 1 aliphatic carbocycles. The van der Waals surface area contributed by atoms with Gasteiger partial charge in [0.1, 0.15) is 5.82 Å². The molecule has 182 valence electrons. The second-order valence-electron chi connectivity index (χ2n) is 9.60. The SMILES string of the molecule is Cc1nc2ncc(-c3ccn4nc(NC5CC(C)(N6CCCC6=O)C5)ncc34)nc2n1CC(F)F. The molecule has 0 atom stereocenters. The number of fused-ring (bicyclic) bond motifs is 2. The summed E-state index contributed by atoms with van der Waals surface area (Å²) >= 11 is 0. The van der Waals surface area contributed by atoms with Crippen LogP contribution >= 0.6 is 0 Å². The molecule has 4 aromatic heterocycles. The third kappa shape index (κ3) is 3.67. The first-order valence-electron chi connectivity index (χ1n) is 11.7. The molecular formula is C23H25F2N9O. The van der Waals surface area contributed by atoms with E-state index in [0.29, 0.717) is 35.2 Å². The zero-order valence-electron chi connectivity index (χ0n) is 19.4. The largest absolute Gasteiger partial charge is 0.350 e. The van der Waals surface area contributed by atoms with E-state index in [4.69, 9.17) is 0 Å². The minimum atomic E-state index is -2.52. The number of carbonyl (C=O) groups excluding carboxylic acids is 1. The lowest BCUT2D eigenvalue weighted by atomic mass is 9.73. The number of aryl methyl sites for hydroxylation is 1. The van der Waals surface area contributed by atoms with E-state index in [1.807, 2.05) is 11.0 Å². The summed E-state index contributed by atoms with van der Waals surface area (Å²) in [6.45, 7) is 4.16. The highest BCUT2D eigenvalue weighted by Gasteiger charge is 2.48. The van der Waals surface area contributed by atoms with E-state index in [2.05, 4.69) is 37.3 Å². The van der Waals surface area contributed by atoms with E-state index in [1.165, 1.54) is 4.57 Å². The highest BCUT2D eigenvalue weighted by Crippen LogP contribution is 2.41. The van der Waals surface area contributed by atoms with Crippen molar-refractivity contribution in [1.29, 1.82) is 0 Å². The molecule has 0 bridgehead atoms. The van der Waals surface area contributed by atoms with E-state index in [0.717, 1.165) is 36.9 Å². The van der Waals surface area contributed by atoms with E-state index in [-0.39, 0.29) is 17.5 Å². The molecule has 6 rings (SSSR count). The van der Waals surface area contributed by atoms with Crippen LogP contribution in [0.15, 0.2) is 24.7 Å². The minimum Gasteiger partial charge on any atom is -0.350 e. The number of aromatic nitrogens is 7. The van der Waals surface area contributed by atoms with Gasteiger partial charge < -0.3 is 14.8 Å². The molecule has 12 heteroatoms. The molecule has 0 radical (unpaired) electrons. The zero-order chi connectivity index (χ0) is 24.3. The number of halogens is 2. The van der Waals surface area contributed by atoms with Crippen molar-refractivity contribution in [3.8, 4) is 11.3 Å². The number of carbonyl (C=O) groups is 1. The summed E-state index contributed by atoms with van der Waals surface area (Å²) in [5.41, 5.74) is 2.57. The van der Waals surface area contributed by atoms with Gasteiger partial charge in [-0.3, -0.25) is 4.79 Å². The number of likely N-dealkylation sites (tertiary alicyclic amines) is 1. The quantitative estimate of drug-likeness (QED) is 0.451. The Balaban J connectivity index is 1.22. The first-order chi connectivity index (χ1) is 16.8. The normalized spacial score (nSPS) is 22.5. The topological polar surface area (TPSA) is 106 Å². The van der Waals surface area contributed by atoms with Crippen LogP contribution in [0.3, 0.4) is 0 Å². The fourth-order valence-corrected chi connectivity index (χ4v) is 5.40. The van der Waals surface area contributed by atoms with E-state index >= 15 is 0 Å². The molecular weight excluding hydrogens is 456 g/mol. The molecule has 2 fully saturated rings. The number of hydrogen-bond acceptors (Lipinski definition) is 7. The minimum absolute atomic E-state index is 0.0948. The molecule has 1 saturated heterocycles. The number of alkyl halides is 2. The lowest BCUT2D eigenvalue weighted by Gasteiger charge is -2.51. The van der Waals surface area contributed by atoms with Crippen LogP contribution < -0.4 is 5.32 Å². The number of hydrogen-bond donors (Lipinski definition) is 1. The molecule has 35 heavy (non-hydrogen) atoms. The Hall–Kier alpha value is -3.70. The first kappa shape index (κ1) is 21.8. The van der Waals surface area contributed by atoms with Crippen molar-refractivity contribution in [1.82, 2.24) is 39.0 Å². The summed E-state index contributed by atoms with van der Waals surface area (Å²) < 4.78 is 29.2. The van der Waals surface area contributed by atoms with Crippen molar-refractivity contribution in [2.45, 2.75) is 64.1 Å². The molecule has 0 aromatic carbocycles. The van der Waals surface area contributed by atoms with E-state index in [1.54, 1.807) is 30.0 Å². The zero-order valence-corrected chi connectivity index (χ0v) is 19.4. The van der Waals surface area contributed by atoms with E-state index < -0.39 is 13.0 Å². The van der Waals surface area contributed by atoms with Crippen molar-refractivity contribution < 1.29 is 13.6 Å². The van der Waals surface area contributed by atoms with Gasteiger partial charge in [-0.25, -0.2) is 33.2 Å². The van der Waals surface area contributed by atoms with Crippen LogP contribution in [-0.2, 0) is 11.3 Å². The van der Waals surface area contributed by atoms with Crippen LogP contribution in [0.2, 0.25) is 0 Å². The third-order valence-electron chi connectivity index (χ3n) is 7.09. The van der Waals surface area contributed by atoms with Crippen LogP contribution in [0, 0.1) is 6.92 Å². The maximum absolute atomic E-state index is 13.0. The Bertz CT molecular complexity index is 1440. The fourth-order valence-electron chi connectivity index (χ4n) is 5.40. The van der Waals surface area contributed by atoms with Crippen LogP contribution in [0.4, 0.5) is 14.7 Å². The van der Waals surface area contributed by atoms with Gasteiger partial charge in [0.15, 0.2) is 11.3 Å². The van der Waals surface area contributed by atoms with Crippen molar-refractivity contribution in [2.24, 2.45) is 0 Å². The predicted octanol–water partition coefficient (Wildman–Crippen LogP) is 3.06. The van der Waals surface area contributed by atoms with E-state index in [9.17, 15) is 13.6 Å². The molecule has 0 unspecified atom stereocenters. The number of anilines is 1. The van der Waals surface area contributed by atoms with Gasteiger partial charge in [-0.1, -0.05) is 0 Å². The van der Waals surface area contributed by atoms with Crippen LogP contribution in [0.25, 0.3) is 28.1 Å². The molecule has 1 saturated carbocycles. The molecule has 1 aliphatic heterocycles. The summed E-state index contributed by atoms with van der Waals surface area (Å²) in [4.78, 5) is 31.8. The van der Waals surface area contributed by atoms with Crippen LogP contribution in [-0.4, -0.2) is 69.5 Å². The lowest BCUT2D eigenvalue weighted by Crippen LogP contribution is -2.59. The molecule has 4 aromatic rings. The van der Waals surface area contributed by atoms with Gasteiger partial charge in [0.2, 0.25) is 11.9 Å². The summed E-state index contributed by atoms with van der Waals surface area (Å²) in [5, 5.41) is 7.95. The molecule has 2 aliphatic rings. The first-order valence-corrected chi connectivity index (χ1v) is 11.7. The van der Waals surface area contributed by atoms with Gasteiger partial charge in [0.25, 0.3) is 6.43 Å². The molecule has 10 nitrogen and oxygen atoms in total. The van der Waals surface area contributed by atoms with Crippen molar-refractivity contribution in [2.75, 3.05) is 11.9 Å². The summed E-state index contributed by atoms with van der Waals surface area (Å²) in [6.07, 6.45) is 5.88. The highest BCUT2D eigenvalue weighted by atomic mass is 19.3. The number of nitrogens with zero attached hydrogens (tertiary/aromatic N) is 8. The molecule has 1 amide bonds. The Kier molecular flexibility index (Phi) is 4.94. The van der Waals surface area contributed by atoms with Crippen molar-refractivity contribution in [3.63, 3.8) is 0 Å². The predicted molar refractivity (Wildman–Crippen MR) is 124 cm³/mol. The van der Waals surface area contributed by atoms with Gasteiger partial charge in [-0.2, -0.15) is 0 Å². The maximum atomic E-state index is 13.0. The van der Waals surface area contributed by atoms with Gasteiger partial charge >= 0.3 is 0 Å². The number of amides is 1. The smallest absolute Gasteiger partial charge is 0.256 e. The van der Waals surface area contributed by atoms with Crippen molar-refractivity contribution >= 4 is 28.7 Å². The summed E-state index contributed by atoms with van der Waals surface area (Å²) in [7, 11) is 0. The second-order valence-corrected chi connectivity index (χ2v) is 9.60. The van der Waals surface area contributed by atoms with Gasteiger partial charge in [0, 0.05) is 36.3 Å². The summed E-state index contributed by atoms with van der Waals surface area (Å²) in [6, 6.07) is 2.05. The monoisotopic (exact) mass is 481 g/mol. The van der Waals surface area contributed by atoms with Gasteiger partial charge in [-0.15, -0.1) is 5.10 Å². The standard InChI is InChI=1S/C23H25F2N9O/c1-13-28-20-21(32(13)12-18(24)25)30-16(10-26-20)15-5-7-34-17(15)11-27-22(31-34)29-14-8-23(2,9-14)33-6-3-4-19(33)35/h5,7,10-11,14,18H,3-4,6,8-9,12H2,1-2H3,(H,29,31). The maximum Gasteiger partial charge on any atom is 0.256 e. The lowest BCUT2D eigenvalue weighted by molar-refractivity contribution is -0.136. The van der Waals surface area contributed by atoms with Gasteiger partial charge in [-0.05, 0) is 39.2 Å². The highest BCUT2D eigenvalue weighted by molar-refractivity contribution is 5.81. The van der Waals surface area contributed by atoms with Crippen LogP contribution in [0.5, 0.6) is 0 Å². The Labute approximate surface area is 199 Å². The Morgan fingerprint density at radius 3 is 2.80 bits per heavy atom. The van der Waals surface area contributed by atoms with Crippen LogP contribution in [0.1, 0.15) is 38.4 Å². The second kappa shape index (κ2) is 7.92. The van der Waals surface area contributed by atoms with Crippen molar-refractivity contribution in [3.05, 3.63) is 30.5 Å². The molecule has 5 heterocycles. The Morgan fingerprint density at radius 1 is 1.23 bits per heavy atom. The molecule has 1 N–H and O–H groups in total. The summed E-state index contributed by atoms with van der Waals surface area (Å²) in [5.74, 6) is 1.20. The molecule has 0 spiro atoms. The average Bonchev–Trinajstić information content (AvgIpc) is 3.49. The average molecular weight is 482 g/mol. The number of rotatable bonds is 6. The number of nitrogens with one attached hydrogen (secondary N) is 1. The number of imidazole rings is 1.